The topological polar surface area (TPSA) is 66.5 Å². The largest absolute Gasteiger partial charge is 0.395 e. The van der Waals surface area contributed by atoms with Gasteiger partial charge in [-0.05, 0) is 12.8 Å². The highest BCUT2D eigenvalue weighted by Gasteiger charge is 2.08. The van der Waals surface area contributed by atoms with Gasteiger partial charge in [-0.25, -0.2) is 0 Å². The number of unbranched alkanes of at least 4 members (excludes halogenated alkanes) is 5. The van der Waals surface area contributed by atoms with E-state index >= 15 is 0 Å². The monoisotopic (exact) mass is 273 g/mol. The lowest BCUT2D eigenvalue weighted by Gasteiger charge is -2.11. The third-order valence-electron chi connectivity index (χ3n) is 2.68. The number of hydrogen-bond acceptors (Lipinski definition) is 3. The highest BCUT2D eigenvalue weighted by molar-refractivity contribution is 5.06. The Bertz CT molecular complexity index is 215. The van der Waals surface area contributed by atoms with Crippen molar-refractivity contribution in [2.24, 2.45) is 5.73 Å². The SMILES string of the molecule is C.C.CCCCCCC/C=C/C=C/[C@@H](O)[C@@H](N)CO. The van der Waals surface area contributed by atoms with Crippen LogP contribution in [0.1, 0.15) is 60.3 Å². The van der Waals surface area contributed by atoms with Gasteiger partial charge in [0, 0.05) is 0 Å². The van der Waals surface area contributed by atoms with Crippen LogP contribution in [0.2, 0.25) is 0 Å². The summed E-state index contributed by atoms with van der Waals surface area (Å²) in [6, 6.07) is -0.589. The highest BCUT2D eigenvalue weighted by Crippen LogP contribution is 2.05. The Morgan fingerprint density at radius 1 is 1.05 bits per heavy atom. The van der Waals surface area contributed by atoms with Crippen LogP contribution in [0.15, 0.2) is 24.3 Å². The molecule has 116 valence electrons. The molecule has 0 unspecified atom stereocenters. The van der Waals surface area contributed by atoms with Gasteiger partial charge >= 0.3 is 0 Å². The van der Waals surface area contributed by atoms with Gasteiger partial charge in [-0.3, -0.25) is 0 Å². The van der Waals surface area contributed by atoms with Crippen molar-refractivity contribution in [3.05, 3.63) is 24.3 Å². The van der Waals surface area contributed by atoms with Crippen LogP contribution in [0, 0.1) is 0 Å². The highest BCUT2D eigenvalue weighted by atomic mass is 16.3. The minimum atomic E-state index is -0.769. The molecular weight excluding hydrogens is 238 g/mol. The fourth-order valence-corrected chi connectivity index (χ4v) is 1.47. The van der Waals surface area contributed by atoms with Gasteiger partial charge in [0.05, 0.1) is 18.8 Å². The van der Waals surface area contributed by atoms with Crippen molar-refractivity contribution in [3.63, 3.8) is 0 Å². The van der Waals surface area contributed by atoms with Gasteiger partial charge in [-0.2, -0.15) is 0 Å². The van der Waals surface area contributed by atoms with Gasteiger partial charge in [0.15, 0.2) is 0 Å². The van der Waals surface area contributed by atoms with Crippen molar-refractivity contribution in [1.82, 2.24) is 0 Å². The van der Waals surface area contributed by atoms with Crippen molar-refractivity contribution >= 4 is 0 Å². The zero-order chi connectivity index (χ0) is 12.9. The van der Waals surface area contributed by atoms with E-state index in [2.05, 4.69) is 13.0 Å². The van der Waals surface area contributed by atoms with Gasteiger partial charge in [-0.1, -0.05) is 71.8 Å². The molecule has 0 heterocycles. The van der Waals surface area contributed by atoms with Crippen molar-refractivity contribution in [2.75, 3.05) is 6.61 Å². The van der Waals surface area contributed by atoms with Gasteiger partial charge in [-0.15, -0.1) is 0 Å². The smallest absolute Gasteiger partial charge is 0.0897 e. The molecule has 0 aliphatic heterocycles. The van der Waals surface area contributed by atoms with E-state index in [9.17, 15) is 5.11 Å². The minimum absolute atomic E-state index is 0. The maximum absolute atomic E-state index is 9.41. The van der Waals surface area contributed by atoms with Crippen molar-refractivity contribution < 1.29 is 10.2 Å². The van der Waals surface area contributed by atoms with Crippen molar-refractivity contribution in [1.29, 1.82) is 0 Å². The molecule has 0 saturated heterocycles. The molecule has 0 fully saturated rings. The second-order valence-electron chi connectivity index (χ2n) is 4.35. The van der Waals surface area contributed by atoms with Crippen LogP contribution in [0.3, 0.4) is 0 Å². The summed E-state index contributed by atoms with van der Waals surface area (Å²) in [5.41, 5.74) is 5.45. The molecule has 0 amide bonds. The lowest BCUT2D eigenvalue weighted by Crippen LogP contribution is -2.36. The van der Waals surface area contributed by atoms with Gasteiger partial charge < -0.3 is 15.9 Å². The summed E-state index contributed by atoms with van der Waals surface area (Å²) >= 11 is 0. The molecule has 0 saturated carbocycles. The number of nitrogens with two attached hydrogens (primary N) is 1. The summed E-state index contributed by atoms with van der Waals surface area (Å²) in [6.07, 6.45) is 14.2. The Morgan fingerprint density at radius 2 is 1.68 bits per heavy atom. The summed E-state index contributed by atoms with van der Waals surface area (Å²) in [6.45, 7) is 2.01. The molecule has 0 aromatic rings. The first-order valence-corrected chi connectivity index (χ1v) is 6.60. The Balaban J connectivity index is -0.00000128. The van der Waals surface area contributed by atoms with Crippen LogP contribution in [0.5, 0.6) is 0 Å². The molecule has 0 aromatic heterocycles. The molecule has 19 heavy (non-hydrogen) atoms. The first-order valence-electron chi connectivity index (χ1n) is 6.60. The van der Waals surface area contributed by atoms with Crippen LogP contribution < -0.4 is 5.73 Å². The number of aliphatic hydroxyl groups excluding tert-OH is 2. The van der Waals surface area contributed by atoms with Gasteiger partial charge in [0.1, 0.15) is 0 Å². The molecule has 2 atom stereocenters. The Morgan fingerprint density at radius 3 is 2.26 bits per heavy atom. The summed E-state index contributed by atoms with van der Waals surface area (Å²) in [5.74, 6) is 0. The molecule has 3 nitrogen and oxygen atoms in total. The molecule has 0 aliphatic carbocycles. The second kappa shape index (κ2) is 17.4. The Hall–Kier alpha value is -0.640. The van der Waals surface area contributed by atoms with Crippen LogP contribution >= 0.6 is 0 Å². The fourth-order valence-electron chi connectivity index (χ4n) is 1.47. The molecule has 0 aromatic carbocycles. The number of hydrogen-bond donors (Lipinski definition) is 3. The first-order chi connectivity index (χ1) is 8.22. The predicted octanol–water partition coefficient (Wildman–Crippen LogP) is 3.41. The van der Waals surface area contributed by atoms with Crippen LogP contribution in [0.4, 0.5) is 0 Å². The normalized spacial score (nSPS) is 14.1. The summed E-state index contributed by atoms with van der Waals surface area (Å²) in [4.78, 5) is 0. The quantitative estimate of drug-likeness (QED) is 0.422. The third kappa shape index (κ3) is 15.3. The number of allylic oxidation sites excluding steroid dienone is 3. The Kier molecular flexibility index (Phi) is 21.4. The molecule has 4 N–H and O–H groups in total. The van der Waals surface area contributed by atoms with E-state index in [0.29, 0.717) is 0 Å². The minimum Gasteiger partial charge on any atom is -0.395 e. The molecule has 0 aliphatic rings. The lowest BCUT2D eigenvalue weighted by molar-refractivity contribution is 0.144. The number of aliphatic hydroxyl groups is 2. The summed E-state index contributed by atoms with van der Waals surface area (Å²) in [5, 5.41) is 18.1. The van der Waals surface area contributed by atoms with E-state index in [1.54, 1.807) is 12.2 Å². The second-order valence-corrected chi connectivity index (χ2v) is 4.35. The van der Waals surface area contributed by atoms with E-state index in [1.807, 2.05) is 6.08 Å². The average molecular weight is 273 g/mol. The zero-order valence-corrected chi connectivity index (χ0v) is 10.9. The maximum Gasteiger partial charge on any atom is 0.0897 e. The van der Waals surface area contributed by atoms with E-state index in [1.165, 1.54) is 32.1 Å². The number of rotatable bonds is 10. The molecule has 0 radical (unpaired) electrons. The van der Waals surface area contributed by atoms with E-state index in [0.717, 1.165) is 6.42 Å². The molecular formula is C16H35NO2. The molecule has 0 bridgehead atoms. The Labute approximate surface area is 120 Å². The van der Waals surface area contributed by atoms with Crippen LogP contribution in [-0.2, 0) is 0 Å². The third-order valence-corrected chi connectivity index (χ3v) is 2.68. The zero-order valence-electron chi connectivity index (χ0n) is 10.9. The van der Waals surface area contributed by atoms with Gasteiger partial charge in [0.2, 0.25) is 0 Å². The average Bonchev–Trinajstić information content (AvgIpc) is 2.35. The lowest BCUT2D eigenvalue weighted by atomic mass is 10.1. The summed E-state index contributed by atoms with van der Waals surface area (Å²) < 4.78 is 0. The maximum atomic E-state index is 9.41. The standard InChI is InChI=1S/C14H27NO2.2CH4/c1-2-3-4-5-6-7-8-9-10-11-14(17)13(15)12-16;;/h8-11,13-14,16-17H,2-7,12,15H2,1H3;2*1H4/b9-8+,11-10+;;/t13-,14+;;/m0../s1. The van der Waals surface area contributed by atoms with Crippen molar-refractivity contribution in [2.45, 2.75) is 72.4 Å². The van der Waals surface area contributed by atoms with Gasteiger partial charge in [0.25, 0.3) is 0 Å². The van der Waals surface area contributed by atoms with E-state index in [4.69, 9.17) is 10.8 Å². The van der Waals surface area contributed by atoms with E-state index in [-0.39, 0.29) is 21.5 Å². The predicted molar refractivity (Wildman–Crippen MR) is 86.2 cm³/mol. The van der Waals surface area contributed by atoms with Crippen LogP contribution in [-0.4, -0.2) is 29.0 Å². The molecule has 0 rings (SSSR count). The van der Waals surface area contributed by atoms with Crippen LogP contribution in [0.25, 0.3) is 0 Å². The molecule has 3 heteroatoms. The first kappa shape index (κ1) is 23.5. The van der Waals surface area contributed by atoms with Crippen molar-refractivity contribution in [3.8, 4) is 0 Å². The molecule has 0 spiro atoms. The van der Waals surface area contributed by atoms with E-state index < -0.39 is 12.1 Å². The fraction of sp³-hybridized carbons (Fsp3) is 0.750. The summed E-state index contributed by atoms with van der Waals surface area (Å²) in [7, 11) is 0.